The van der Waals surface area contributed by atoms with Gasteiger partial charge in [0.25, 0.3) is 0 Å². The highest BCUT2D eigenvalue weighted by Gasteiger charge is 2.19. The summed E-state index contributed by atoms with van der Waals surface area (Å²) in [6, 6.07) is 0. The highest BCUT2D eigenvalue weighted by molar-refractivity contribution is 5.92. The van der Waals surface area contributed by atoms with Crippen molar-refractivity contribution in [3.8, 4) is 0 Å². The number of aromatic nitrogens is 3. The molecule has 21 heavy (non-hydrogen) atoms. The van der Waals surface area contributed by atoms with E-state index in [-0.39, 0.29) is 0 Å². The van der Waals surface area contributed by atoms with Crippen molar-refractivity contribution in [1.82, 2.24) is 14.5 Å². The van der Waals surface area contributed by atoms with Crippen LogP contribution in [0, 0.1) is 32.6 Å². The monoisotopic (exact) mass is 288 g/mol. The number of anilines is 1. The lowest BCUT2D eigenvalue weighted by atomic mass is 9.93. The summed E-state index contributed by atoms with van der Waals surface area (Å²) in [7, 11) is 1.93. The number of aryl methyl sites for hydroxylation is 2. The molecule has 0 amide bonds. The van der Waals surface area contributed by atoms with Crippen LogP contribution < -0.4 is 5.32 Å². The molecule has 0 aliphatic rings. The van der Waals surface area contributed by atoms with Crippen LogP contribution in [0.5, 0.6) is 0 Å². The van der Waals surface area contributed by atoms with Crippen molar-refractivity contribution in [2.75, 3.05) is 12.4 Å². The topological polar surface area (TPSA) is 42.7 Å². The summed E-state index contributed by atoms with van der Waals surface area (Å²) in [5.41, 5.74) is 3.65. The molecule has 1 N–H and O–H groups in total. The van der Waals surface area contributed by atoms with Gasteiger partial charge in [0.15, 0.2) is 0 Å². The van der Waals surface area contributed by atoms with E-state index in [4.69, 9.17) is 4.98 Å². The molecule has 116 valence electrons. The zero-order valence-electron chi connectivity index (χ0n) is 14.4. The van der Waals surface area contributed by atoms with Gasteiger partial charge in [0.1, 0.15) is 17.3 Å². The molecule has 0 spiro atoms. The van der Waals surface area contributed by atoms with E-state index in [0.29, 0.717) is 11.8 Å². The maximum atomic E-state index is 4.72. The van der Waals surface area contributed by atoms with Crippen molar-refractivity contribution in [3.63, 3.8) is 0 Å². The molecule has 4 nitrogen and oxygen atoms in total. The van der Waals surface area contributed by atoms with Gasteiger partial charge < -0.3 is 9.88 Å². The second-order valence-electron chi connectivity index (χ2n) is 6.25. The first kappa shape index (κ1) is 15.8. The number of hydrogen-bond acceptors (Lipinski definition) is 3. The second-order valence-corrected chi connectivity index (χ2v) is 6.25. The Labute approximate surface area is 128 Å². The Balaban J connectivity index is 2.59. The van der Waals surface area contributed by atoms with Gasteiger partial charge in [-0.2, -0.15) is 0 Å². The number of nitrogens with one attached hydrogen (secondary N) is 1. The lowest BCUT2D eigenvalue weighted by Gasteiger charge is -2.20. The Kier molecular flexibility index (Phi) is 4.55. The lowest BCUT2D eigenvalue weighted by Crippen LogP contribution is -2.16. The van der Waals surface area contributed by atoms with E-state index in [1.165, 1.54) is 17.7 Å². The van der Waals surface area contributed by atoms with Crippen LogP contribution in [0.4, 0.5) is 5.82 Å². The van der Waals surface area contributed by atoms with Gasteiger partial charge in [0, 0.05) is 19.3 Å². The zero-order valence-corrected chi connectivity index (χ0v) is 14.4. The van der Waals surface area contributed by atoms with Crippen LogP contribution in [-0.2, 0) is 6.54 Å². The molecule has 2 heterocycles. The van der Waals surface area contributed by atoms with Crippen LogP contribution in [-0.4, -0.2) is 21.6 Å². The Morgan fingerprint density at radius 1 is 1.10 bits per heavy atom. The summed E-state index contributed by atoms with van der Waals surface area (Å²) < 4.78 is 2.37. The predicted octanol–water partition coefficient (Wildman–Crippen LogP) is 4.08. The molecule has 4 heteroatoms. The molecule has 2 atom stereocenters. The highest BCUT2D eigenvalue weighted by Crippen LogP contribution is 2.30. The molecular weight excluding hydrogens is 260 g/mol. The minimum Gasteiger partial charge on any atom is -0.372 e. The third-order valence-corrected chi connectivity index (χ3v) is 4.90. The van der Waals surface area contributed by atoms with Gasteiger partial charge in [0.05, 0.1) is 5.39 Å². The zero-order chi connectivity index (χ0) is 15.7. The Morgan fingerprint density at radius 3 is 2.33 bits per heavy atom. The Hall–Kier alpha value is -1.58. The van der Waals surface area contributed by atoms with Crippen LogP contribution in [0.3, 0.4) is 0 Å². The van der Waals surface area contributed by atoms with Gasteiger partial charge in [-0.15, -0.1) is 0 Å². The largest absolute Gasteiger partial charge is 0.372 e. The molecule has 0 radical (unpaired) electrons. The molecule has 0 aromatic carbocycles. The van der Waals surface area contributed by atoms with E-state index in [1.807, 2.05) is 14.0 Å². The summed E-state index contributed by atoms with van der Waals surface area (Å²) >= 11 is 0. The summed E-state index contributed by atoms with van der Waals surface area (Å²) in [6.45, 7) is 14.3. The summed E-state index contributed by atoms with van der Waals surface area (Å²) in [6.07, 6.45) is 1.22. The number of nitrogens with zero attached hydrogens (tertiary/aromatic N) is 3. The SMILES string of the molecule is CCC(C)C(C)Cn1c(C)c(C)c2c(NC)nc(C)nc21. The van der Waals surface area contributed by atoms with Crippen molar-refractivity contribution in [1.29, 1.82) is 0 Å². The van der Waals surface area contributed by atoms with E-state index in [9.17, 15) is 0 Å². The third-order valence-electron chi connectivity index (χ3n) is 4.90. The average molecular weight is 288 g/mol. The molecule has 0 aliphatic carbocycles. The number of fused-ring (bicyclic) bond motifs is 1. The van der Waals surface area contributed by atoms with Gasteiger partial charge in [-0.05, 0) is 38.2 Å². The fraction of sp³-hybridized carbons (Fsp3) is 0.647. The minimum atomic E-state index is 0.636. The van der Waals surface area contributed by atoms with Crippen molar-refractivity contribution < 1.29 is 0 Å². The van der Waals surface area contributed by atoms with E-state index >= 15 is 0 Å². The molecule has 0 saturated heterocycles. The van der Waals surface area contributed by atoms with Crippen LogP contribution in [0.2, 0.25) is 0 Å². The normalized spacial score (nSPS) is 14.4. The van der Waals surface area contributed by atoms with Crippen molar-refractivity contribution in [2.24, 2.45) is 11.8 Å². The lowest BCUT2D eigenvalue weighted by molar-refractivity contribution is 0.334. The number of rotatable bonds is 5. The number of hydrogen-bond donors (Lipinski definition) is 1. The fourth-order valence-corrected chi connectivity index (χ4v) is 2.92. The molecule has 0 fully saturated rings. The van der Waals surface area contributed by atoms with Gasteiger partial charge in [0.2, 0.25) is 0 Å². The first-order valence-corrected chi connectivity index (χ1v) is 7.92. The summed E-state index contributed by atoms with van der Waals surface area (Å²) in [4.78, 5) is 9.25. The van der Waals surface area contributed by atoms with Crippen LogP contribution in [0.25, 0.3) is 11.0 Å². The van der Waals surface area contributed by atoms with Gasteiger partial charge in [-0.3, -0.25) is 0 Å². The Bertz CT molecular complexity index is 642. The van der Waals surface area contributed by atoms with E-state index < -0.39 is 0 Å². The molecule has 0 aliphatic heterocycles. The Morgan fingerprint density at radius 2 is 1.76 bits per heavy atom. The smallest absolute Gasteiger partial charge is 0.146 e. The van der Waals surface area contributed by atoms with Crippen LogP contribution in [0.15, 0.2) is 0 Å². The maximum Gasteiger partial charge on any atom is 0.146 e. The molecule has 2 rings (SSSR count). The van der Waals surface area contributed by atoms with E-state index in [0.717, 1.165) is 29.2 Å². The maximum absolute atomic E-state index is 4.72. The van der Waals surface area contributed by atoms with E-state index in [1.54, 1.807) is 0 Å². The van der Waals surface area contributed by atoms with Crippen molar-refractivity contribution in [2.45, 2.75) is 54.5 Å². The van der Waals surface area contributed by atoms with Crippen LogP contribution in [0.1, 0.15) is 44.3 Å². The van der Waals surface area contributed by atoms with Crippen molar-refractivity contribution in [3.05, 3.63) is 17.1 Å². The highest BCUT2D eigenvalue weighted by atomic mass is 15.1. The predicted molar refractivity (Wildman–Crippen MR) is 89.9 cm³/mol. The second kappa shape index (κ2) is 6.04. The van der Waals surface area contributed by atoms with Gasteiger partial charge in [-0.1, -0.05) is 27.2 Å². The third kappa shape index (κ3) is 2.76. The molecule has 2 aromatic heterocycles. The summed E-state index contributed by atoms with van der Waals surface area (Å²) in [5.74, 6) is 3.11. The van der Waals surface area contributed by atoms with Crippen molar-refractivity contribution >= 4 is 16.9 Å². The first-order valence-electron chi connectivity index (χ1n) is 7.92. The molecule has 2 aromatic rings. The van der Waals surface area contributed by atoms with Gasteiger partial charge >= 0.3 is 0 Å². The first-order chi connectivity index (χ1) is 9.90. The minimum absolute atomic E-state index is 0.636. The molecule has 2 unspecified atom stereocenters. The van der Waals surface area contributed by atoms with Crippen LogP contribution >= 0.6 is 0 Å². The average Bonchev–Trinajstić information content (AvgIpc) is 2.70. The quantitative estimate of drug-likeness (QED) is 0.901. The van der Waals surface area contributed by atoms with E-state index in [2.05, 4.69) is 49.5 Å². The standard InChI is InChI=1S/C17H28N4/c1-8-10(2)11(3)9-21-13(5)12(4)15-16(18-7)19-14(6)20-17(15)21/h10-11H,8-9H2,1-7H3,(H,18,19,20). The molecule has 0 saturated carbocycles. The molecule has 0 bridgehead atoms. The summed E-state index contributed by atoms with van der Waals surface area (Å²) in [5, 5.41) is 4.38. The fourth-order valence-electron chi connectivity index (χ4n) is 2.92. The van der Waals surface area contributed by atoms with Gasteiger partial charge in [-0.25, -0.2) is 9.97 Å². The molecular formula is C17H28N4.